The smallest absolute Gasteiger partial charge is 0.255 e. The number of nitrogens with one attached hydrogen (secondary N) is 1. The zero-order valence-electron chi connectivity index (χ0n) is 10.6. The molecule has 0 atom stereocenters. The Labute approximate surface area is 114 Å². The van der Waals surface area contributed by atoms with E-state index in [4.69, 9.17) is 0 Å². The number of carbonyl (C=O) groups excluding carboxylic acids is 1. The van der Waals surface area contributed by atoms with Crippen molar-refractivity contribution in [2.45, 2.75) is 6.42 Å². The maximum absolute atomic E-state index is 13.4. The van der Waals surface area contributed by atoms with E-state index in [1.807, 2.05) is 0 Å². The molecule has 0 saturated heterocycles. The summed E-state index contributed by atoms with van der Waals surface area (Å²) in [5.74, 6) is -1.84. The average molecular weight is 277 g/mol. The minimum atomic E-state index is -0.609. The Hall–Kier alpha value is -2.43. The molecule has 0 aliphatic rings. The van der Waals surface area contributed by atoms with Crippen molar-refractivity contribution in [3.63, 3.8) is 0 Å². The van der Waals surface area contributed by atoms with Crippen LogP contribution < -0.4 is 5.32 Å². The first-order chi connectivity index (χ1) is 9.58. The Kier molecular flexibility index (Phi) is 4.30. The lowest BCUT2D eigenvalue weighted by Gasteiger charge is -2.07. The molecular weight excluding hydrogens is 264 g/mol. The second kappa shape index (κ2) is 6.14. The fraction of sp³-hybridized carbons (Fsp3) is 0.133. The summed E-state index contributed by atoms with van der Waals surface area (Å²) in [7, 11) is 0. The van der Waals surface area contributed by atoms with E-state index in [-0.39, 0.29) is 23.7 Å². The number of rotatable bonds is 4. The molecule has 0 radical (unpaired) electrons. The largest absolute Gasteiger partial charge is 0.507 e. The lowest BCUT2D eigenvalue weighted by molar-refractivity contribution is 0.0951. The Bertz CT molecular complexity index is 629. The van der Waals surface area contributed by atoms with Crippen LogP contribution in [0, 0.1) is 11.6 Å². The number of phenolic OH excluding ortho intramolecular Hbond substituents is 1. The lowest BCUT2D eigenvalue weighted by atomic mass is 10.1. The Morgan fingerprint density at radius 1 is 1.15 bits per heavy atom. The number of benzene rings is 2. The molecule has 2 rings (SSSR count). The molecule has 2 aromatic carbocycles. The summed E-state index contributed by atoms with van der Waals surface area (Å²) in [5, 5.41) is 12.0. The van der Waals surface area contributed by atoms with Crippen LogP contribution >= 0.6 is 0 Å². The van der Waals surface area contributed by atoms with Gasteiger partial charge in [0.1, 0.15) is 17.4 Å². The van der Waals surface area contributed by atoms with Crippen LogP contribution in [0.15, 0.2) is 42.5 Å². The van der Waals surface area contributed by atoms with Crippen LogP contribution in [0.2, 0.25) is 0 Å². The van der Waals surface area contributed by atoms with Gasteiger partial charge in [-0.05, 0) is 36.2 Å². The zero-order chi connectivity index (χ0) is 14.5. The van der Waals surface area contributed by atoms with Gasteiger partial charge in [0.05, 0.1) is 5.56 Å². The molecule has 1 amide bonds. The summed E-state index contributed by atoms with van der Waals surface area (Å²) in [6.45, 7) is 0.190. The number of hydrogen-bond acceptors (Lipinski definition) is 2. The Balaban J connectivity index is 1.96. The maximum atomic E-state index is 13.4. The van der Waals surface area contributed by atoms with Gasteiger partial charge in [-0.1, -0.05) is 18.2 Å². The standard InChI is InChI=1S/C15H13F2NO2/c16-11-5-6-14(19)12(9-11)15(20)18-8-7-10-3-1-2-4-13(10)17/h1-6,9,19H,7-8H2,(H,18,20). The molecule has 5 heteroatoms. The quantitative estimate of drug-likeness (QED) is 0.902. The van der Waals surface area contributed by atoms with E-state index in [2.05, 4.69) is 5.32 Å². The van der Waals surface area contributed by atoms with Crippen molar-refractivity contribution in [2.75, 3.05) is 6.54 Å². The summed E-state index contributed by atoms with van der Waals surface area (Å²) in [4.78, 5) is 11.8. The highest BCUT2D eigenvalue weighted by Crippen LogP contribution is 2.17. The highest BCUT2D eigenvalue weighted by atomic mass is 19.1. The maximum Gasteiger partial charge on any atom is 0.255 e. The van der Waals surface area contributed by atoms with Gasteiger partial charge in [-0.2, -0.15) is 0 Å². The van der Waals surface area contributed by atoms with E-state index >= 15 is 0 Å². The van der Waals surface area contributed by atoms with Crippen LogP contribution in [0.4, 0.5) is 8.78 Å². The van der Waals surface area contributed by atoms with Gasteiger partial charge in [-0.15, -0.1) is 0 Å². The molecule has 2 N–H and O–H groups in total. The van der Waals surface area contributed by atoms with Crippen molar-refractivity contribution >= 4 is 5.91 Å². The first-order valence-corrected chi connectivity index (χ1v) is 6.08. The van der Waals surface area contributed by atoms with Crippen LogP contribution in [0.25, 0.3) is 0 Å². The van der Waals surface area contributed by atoms with E-state index in [1.54, 1.807) is 18.2 Å². The molecule has 0 aliphatic carbocycles. The van der Waals surface area contributed by atoms with Crippen molar-refractivity contribution in [3.8, 4) is 5.75 Å². The number of carbonyl (C=O) groups is 1. The highest BCUT2D eigenvalue weighted by Gasteiger charge is 2.11. The molecule has 104 valence electrons. The second-order valence-electron chi connectivity index (χ2n) is 4.26. The van der Waals surface area contributed by atoms with Crippen molar-refractivity contribution in [3.05, 3.63) is 65.2 Å². The van der Waals surface area contributed by atoms with Gasteiger partial charge in [0.15, 0.2) is 0 Å². The normalized spacial score (nSPS) is 10.3. The predicted molar refractivity (Wildman–Crippen MR) is 70.5 cm³/mol. The van der Waals surface area contributed by atoms with E-state index in [1.165, 1.54) is 6.07 Å². The predicted octanol–water partition coefficient (Wildman–Crippen LogP) is 2.64. The minimum absolute atomic E-state index is 0.140. The van der Waals surface area contributed by atoms with Crippen LogP contribution in [-0.4, -0.2) is 17.6 Å². The lowest BCUT2D eigenvalue weighted by Crippen LogP contribution is -2.26. The van der Waals surface area contributed by atoms with Crippen LogP contribution in [0.1, 0.15) is 15.9 Å². The number of aromatic hydroxyl groups is 1. The molecule has 0 unspecified atom stereocenters. The number of hydrogen-bond donors (Lipinski definition) is 2. The number of phenols is 1. The van der Waals surface area contributed by atoms with Crippen LogP contribution in [0.5, 0.6) is 5.75 Å². The zero-order valence-corrected chi connectivity index (χ0v) is 10.6. The number of amides is 1. The molecular formula is C15H13F2NO2. The van der Waals surface area contributed by atoms with E-state index in [9.17, 15) is 18.7 Å². The highest BCUT2D eigenvalue weighted by molar-refractivity contribution is 5.96. The molecule has 2 aromatic rings. The van der Waals surface area contributed by atoms with Gasteiger partial charge >= 0.3 is 0 Å². The van der Waals surface area contributed by atoms with Gasteiger partial charge < -0.3 is 10.4 Å². The first kappa shape index (κ1) is 14.0. The fourth-order valence-corrected chi connectivity index (χ4v) is 1.80. The van der Waals surface area contributed by atoms with Gasteiger partial charge in [0.2, 0.25) is 0 Å². The van der Waals surface area contributed by atoms with Crippen molar-refractivity contribution < 1.29 is 18.7 Å². The van der Waals surface area contributed by atoms with Crippen LogP contribution in [0.3, 0.4) is 0 Å². The van der Waals surface area contributed by atoms with Gasteiger partial charge in [-0.25, -0.2) is 8.78 Å². The minimum Gasteiger partial charge on any atom is -0.507 e. The van der Waals surface area contributed by atoms with Crippen molar-refractivity contribution in [1.82, 2.24) is 5.32 Å². The third-order valence-corrected chi connectivity index (χ3v) is 2.84. The molecule has 0 spiro atoms. The van der Waals surface area contributed by atoms with Gasteiger partial charge in [0.25, 0.3) is 5.91 Å². The van der Waals surface area contributed by atoms with E-state index in [0.717, 1.165) is 18.2 Å². The van der Waals surface area contributed by atoms with E-state index in [0.29, 0.717) is 12.0 Å². The fourth-order valence-electron chi connectivity index (χ4n) is 1.80. The Morgan fingerprint density at radius 2 is 1.90 bits per heavy atom. The molecule has 0 bridgehead atoms. The Morgan fingerprint density at radius 3 is 2.65 bits per heavy atom. The molecule has 0 fully saturated rings. The van der Waals surface area contributed by atoms with Crippen molar-refractivity contribution in [1.29, 1.82) is 0 Å². The van der Waals surface area contributed by atoms with Crippen LogP contribution in [-0.2, 0) is 6.42 Å². The first-order valence-electron chi connectivity index (χ1n) is 6.08. The summed E-state index contributed by atoms with van der Waals surface area (Å²) in [6.07, 6.45) is 0.314. The summed E-state index contributed by atoms with van der Waals surface area (Å²) < 4.78 is 26.4. The van der Waals surface area contributed by atoms with E-state index < -0.39 is 11.7 Å². The molecule has 3 nitrogen and oxygen atoms in total. The molecule has 0 aliphatic heterocycles. The second-order valence-corrected chi connectivity index (χ2v) is 4.26. The molecule has 0 aromatic heterocycles. The van der Waals surface area contributed by atoms with Gasteiger partial charge in [-0.3, -0.25) is 4.79 Å². The third kappa shape index (κ3) is 3.32. The summed E-state index contributed by atoms with van der Waals surface area (Å²) in [5.41, 5.74) is 0.342. The summed E-state index contributed by atoms with van der Waals surface area (Å²) >= 11 is 0. The monoisotopic (exact) mass is 277 g/mol. The topological polar surface area (TPSA) is 49.3 Å². The average Bonchev–Trinajstić information content (AvgIpc) is 2.43. The summed E-state index contributed by atoms with van der Waals surface area (Å²) in [6, 6.07) is 9.39. The molecule has 20 heavy (non-hydrogen) atoms. The molecule has 0 heterocycles. The molecule has 0 saturated carbocycles. The van der Waals surface area contributed by atoms with Gasteiger partial charge in [0, 0.05) is 6.54 Å². The van der Waals surface area contributed by atoms with Crippen molar-refractivity contribution in [2.24, 2.45) is 0 Å². The third-order valence-electron chi connectivity index (χ3n) is 2.84. The SMILES string of the molecule is O=C(NCCc1ccccc1F)c1cc(F)ccc1O. The number of halogens is 2.